The van der Waals surface area contributed by atoms with Crippen molar-refractivity contribution in [3.05, 3.63) is 91.1 Å². The van der Waals surface area contributed by atoms with Gasteiger partial charge in [-0.3, -0.25) is 4.98 Å². The van der Waals surface area contributed by atoms with Crippen molar-refractivity contribution in [2.75, 3.05) is 0 Å². The van der Waals surface area contributed by atoms with Crippen LogP contribution in [0.1, 0.15) is 0 Å². The standard InChI is InChI=1S/C23H14N/c1-2-6-19-16(5-1)8-12-22-20-11-10-18(23-7-3-4-14-24-23)15-17(20)9-13-21(19)22/h1-14H. The first kappa shape index (κ1) is 13.3. The predicted octanol–water partition coefficient (Wildman–Crippen LogP) is 6.01. The molecule has 24 heavy (non-hydrogen) atoms. The Morgan fingerprint density at radius 1 is 0.583 bits per heavy atom. The van der Waals surface area contributed by atoms with Crippen molar-refractivity contribution < 1.29 is 0 Å². The van der Waals surface area contributed by atoms with E-state index in [4.69, 9.17) is 0 Å². The average molecular weight is 304 g/mol. The van der Waals surface area contributed by atoms with Crippen LogP contribution in [0.25, 0.3) is 43.6 Å². The van der Waals surface area contributed by atoms with E-state index >= 15 is 0 Å². The van der Waals surface area contributed by atoms with Crippen LogP contribution in [0.5, 0.6) is 0 Å². The van der Waals surface area contributed by atoms with E-state index in [1.807, 2.05) is 24.4 Å². The van der Waals surface area contributed by atoms with Crippen LogP contribution in [0.15, 0.2) is 85.1 Å². The molecule has 5 rings (SSSR count). The molecular weight excluding hydrogens is 290 g/mol. The summed E-state index contributed by atoms with van der Waals surface area (Å²) in [5.74, 6) is 0. The van der Waals surface area contributed by atoms with Crippen LogP contribution in [0.4, 0.5) is 0 Å². The van der Waals surface area contributed by atoms with E-state index in [0.717, 1.165) is 16.6 Å². The fraction of sp³-hybridized carbons (Fsp3) is 0. The average Bonchev–Trinajstić information content (AvgIpc) is 2.67. The molecule has 0 bridgehead atoms. The highest BCUT2D eigenvalue weighted by Crippen LogP contribution is 2.32. The molecule has 1 heteroatoms. The number of nitrogens with zero attached hydrogens (tertiary/aromatic N) is 1. The number of rotatable bonds is 1. The number of hydrogen-bond donors (Lipinski definition) is 0. The Labute approximate surface area is 140 Å². The van der Waals surface area contributed by atoms with Gasteiger partial charge < -0.3 is 0 Å². The van der Waals surface area contributed by atoms with Crippen LogP contribution in [-0.2, 0) is 0 Å². The van der Waals surface area contributed by atoms with E-state index in [9.17, 15) is 0 Å². The van der Waals surface area contributed by atoms with E-state index < -0.39 is 0 Å². The Morgan fingerprint density at radius 3 is 2.29 bits per heavy atom. The minimum atomic E-state index is 0.956. The molecule has 5 aromatic rings. The molecular formula is C23H14N. The predicted molar refractivity (Wildman–Crippen MR) is 101 cm³/mol. The molecule has 0 aliphatic carbocycles. The van der Waals surface area contributed by atoms with Gasteiger partial charge in [-0.1, -0.05) is 66.7 Å². The van der Waals surface area contributed by atoms with E-state index in [1.165, 1.54) is 26.9 Å². The van der Waals surface area contributed by atoms with Gasteiger partial charge in [-0.25, -0.2) is 0 Å². The van der Waals surface area contributed by atoms with Gasteiger partial charge in [0.25, 0.3) is 0 Å². The second-order valence-corrected chi connectivity index (χ2v) is 6.00. The molecule has 0 spiro atoms. The fourth-order valence-electron chi connectivity index (χ4n) is 3.43. The zero-order valence-corrected chi connectivity index (χ0v) is 13.0. The van der Waals surface area contributed by atoms with E-state index in [1.54, 1.807) is 0 Å². The molecule has 1 radical (unpaired) electrons. The molecule has 0 unspecified atom stereocenters. The summed E-state index contributed by atoms with van der Waals surface area (Å²) in [5, 5.41) is 7.50. The van der Waals surface area contributed by atoms with Gasteiger partial charge in [-0.15, -0.1) is 0 Å². The lowest BCUT2D eigenvalue weighted by molar-refractivity contribution is 1.33. The highest BCUT2D eigenvalue weighted by Gasteiger charge is 2.06. The maximum atomic E-state index is 4.43. The summed E-state index contributed by atoms with van der Waals surface area (Å²) in [7, 11) is 0. The Balaban J connectivity index is 1.81. The van der Waals surface area contributed by atoms with E-state index in [2.05, 4.69) is 71.7 Å². The SMILES string of the molecule is [c]1c(-c2ccccn2)ccc2c1ccc1c3ccccc3ccc21. The monoisotopic (exact) mass is 304 g/mol. The zero-order valence-electron chi connectivity index (χ0n) is 13.0. The molecule has 0 saturated heterocycles. The lowest BCUT2D eigenvalue weighted by atomic mass is 9.96. The fourth-order valence-corrected chi connectivity index (χ4v) is 3.43. The first-order valence-electron chi connectivity index (χ1n) is 8.08. The van der Waals surface area contributed by atoms with Gasteiger partial charge in [-0.2, -0.15) is 0 Å². The molecule has 4 aromatic carbocycles. The van der Waals surface area contributed by atoms with Gasteiger partial charge in [0.2, 0.25) is 0 Å². The van der Waals surface area contributed by atoms with Crippen LogP contribution in [0.2, 0.25) is 0 Å². The summed E-state index contributed by atoms with van der Waals surface area (Å²) in [6, 6.07) is 31.1. The highest BCUT2D eigenvalue weighted by molar-refractivity contribution is 6.17. The van der Waals surface area contributed by atoms with Gasteiger partial charge >= 0.3 is 0 Å². The van der Waals surface area contributed by atoms with Gasteiger partial charge in [0, 0.05) is 17.8 Å². The minimum Gasteiger partial charge on any atom is -0.256 e. The van der Waals surface area contributed by atoms with Gasteiger partial charge in [0.15, 0.2) is 0 Å². The third-order valence-electron chi connectivity index (χ3n) is 4.59. The number of fused-ring (bicyclic) bond motifs is 5. The van der Waals surface area contributed by atoms with Crippen LogP contribution in [-0.4, -0.2) is 4.98 Å². The Kier molecular flexibility index (Phi) is 2.86. The van der Waals surface area contributed by atoms with Crippen LogP contribution in [0.3, 0.4) is 0 Å². The second-order valence-electron chi connectivity index (χ2n) is 6.00. The Bertz CT molecular complexity index is 1190. The minimum absolute atomic E-state index is 0.956. The van der Waals surface area contributed by atoms with Crippen molar-refractivity contribution in [3.8, 4) is 11.3 Å². The molecule has 111 valence electrons. The first-order chi connectivity index (χ1) is 11.9. The lowest BCUT2D eigenvalue weighted by Crippen LogP contribution is -1.85. The molecule has 0 fully saturated rings. The van der Waals surface area contributed by atoms with Crippen LogP contribution in [0, 0.1) is 6.07 Å². The summed E-state index contributed by atoms with van der Waals surface area (Å²) < 4.78 is 0. The summed E-state index contributed by atoms with van der Waals surface area (Å²) in [6.45, 7) is 0. The molecule has 1 nitrogen and oxygen atoms in total. The number of pyridine rings is 1. The van der Waals surface area contributed by atoms with Crippen LogP contribution >= 0.6 is 0 Å². The quantitative estimate of drug-likeness (QED) is 0.346. The van der Waals surface area contributed by atoms with Gasteiger partial charge in [0.05, 0.1) is 5.69 Å². The molecule has 0 N–H and O–H groups in total. The summed E-state index contributed by atoms with van der Waals surface area (Å²) in [4.78, 5) is 4.43. The van der Waals surface area contributed by atoms with E-state index in [-0.39, 0.29) is 0 Å². The first-order valence-corrected chi connectivity index (χ1v) is 8.08. The molecule has 0 aliphatic rings. The smallest absolute Gasteiger partial charge is 0.0708 e. The number of hydrogen-bond acceptors (Lipinski definition) is 1. The largest absolute Gasteiger partial charge is 0.256 e. The second kappa shape index (κ2) is 5.17. The topological polar surface area (TPSA) is 12.9 Å². The third kappa shape index (κ3) is 1.99. The van der Waals surface area contributed by atoms with Crippen molar-refractivity contribution >= 4 is 32.3 Å². The highest BCUT2D eigenvalue weighted by atomic mass is 14.7. The number of benzene rings is 4. The van der Waals surface area contributed by atoms with E-state index in [0.29, 0.717) is 0 Å². The molecule has 0 saturated carbocycles. The lowest BCUT2D eigenvalue weighted by Gasteiger charge is -2.08. The van der Waals surface area contributed by atoms with Crippen LogP contribution < -0.4 is 0 Å². The maximum absolute atomic E-state index is 4.43. The third-order valence-corrected chi connectivity index (χ3v) is 4.59. The summed E-state index contributed by atoms with van der Waals surface area (Å²) in [6.07, 6.45) is 1.82. The summed E-state index contributed by atoms with van der Waals surface area (Å²) in [5.41, 5.74) is 1.99. The zero-order chi connectivity index (χ0) is 15.9. The van der Waals surface area contributed by atoms with Crippen molar-refractivity contribution in [2.24, 2.45) is 0 Å². The van der Waals surface area contributed by atoms with Gasteiger partial charge in [-0.05, 0) is 44.5 Å². The summed E-state index contributed by atoms with van der Waals surface area (Å²) >= 11 is 0. The normalized spacial score (nSPS) is 11.3. The van der Waals surface area contributed by atoms with Gasteiger partial charge in [0.1, 0.15) is 0 Å². The van der Waals surface area contributed by atoms with Crippen molar-refractivity contribution in [3.63, 3.8) is 0 Å². The van der Waals surface area contributed by atoms with Crippen molar-refractivity contribution in [2.45, 2.75) is 0 Å². The Hall–Kier alpha value is -3.19. The molecule has 1 aromatic heterocycles. The van der Waals surface area contributed by atoms with Crippen molar-refractivity contribution in [1.29, 1.82) is 0 Å². The Morgan fingerprint density at radius 2 is 1.38 bits per heavy atom. The molecule has 0 aliphatic heterocycles. The van der Waals surface area contributed by atoms with Crippen molar-refractivity contribution in [1.82, 2.24) is 4.98 Å². The number of aromatic nitrogens is 1. The molecule has 1 heterocycles. The molecule has 0 atom stereocenters. The molecule has 0 amide bonds. The maximum Gasteiger partial charge on any atom is 0.0708 e.